The third-order valence-corrected chi connectivity index (χ3v) is 3.21. The average Bonchev–Trinajstić information content (AvgIpc) is 2.13. The highest BCUT2D eigenvalue weighted by molar-refractivity contribution is 5.39. The van der Waals surface area contributed by atoms with E-state index in [1.54, 1.807) is 6.07 Å². The van der Waals surface area contributed by atoms with Crippen LogP contribution < -0.4 is 5.73 Å². The predicted octanol–water partition coefficient (Wildman–Crippen LogP) is 1.87. The van der Waals surface area contributed by atoms with Gasteiger partial charge in [0.2, 0.25) is 0 Å². The molecule has 0 saturated heterocycles. The van der Waals surface area contributed by atoms with Crippen molar-refractivity contribution in [1.82, 2.24) is 0 Å². The molecule has 0 bridgehead atoms. The molecule has 15 heavy (non-hydrogen) atoms. The van der Waals surface area contributed by atoms with E-state index in [9.17, 15) is 9.50 Å². The lowest BCUT2D eigenvalue weighted by atomic mass is 9.70. The number of aliphatic hydroxyl groups excluding tert-OH is 1. The van der Waals surface area contributed by atoms with E-state index < -0.39 is 6.10 Å². The first-order chi connectivity index (χ1) is 6.92. The lowest BCUT2D eigenvalue weighted by molar-refractivity contribution is 0.115. The van der Waals surface area contributed by atoms with Crippen molar-refractivity contribution < 1.29 is 9.50 Å². The highest BCUT2D eigenvalue weighted by Crippen LogP contribution is 2.40. The van der Waals surface area contributed by atoms with Crippen molar-refractivity contribution in [2.45, 2.75) is 37.8 Å². The molecule has 2 unspecified atom stereocenters. The fourth-order valence-electron chi connectivity index (χ4n) is 2.44. The average molecular weight is 209 g/mol. The van der Waals surface area contributed by atoms with Gasteiger partial charge in [0, 0.05) is 6.04 Å². The third-order valence-electron chi connectivity index (χ3n) is 3.21. The van der Waals surface area contributed by atoms with Gasteiger partial charge >= 0.3 is 0 Å². The smallest absolute Gasteiger partial charge is 0.123 e. The van der Waals surface area contributed by atoms with E-state index in [-0.39, 0.29) is 17.3 Å². The van der Waals surface area contributed by atoms with Gasteiger partial charge in [-0.1, -0.05) is 19.9 Å². The maximum Gasteiger partial charge on any atom is 0.123 e. The van der Waals surface area contributed by atoms with Crippen LogP contribution in [0.1, 0.15) is 37.5 Å². The SMILES string of the molecule is CC1(C)CC(N)C(O)c2cc(F)ccc21. The van der Waals surface area contributed by atoms with Gasteiger partial charge in [-0.25, -0.2) is 4.39 Å². The standard InChI is InChI=1S/C12H16FNO/c1-12(2)6-10(14)11(15)8-5-7(13)3-4-9(8)12/h3-5,10-11,15H,6,14H2,1-2H3. The molecule has 2 nitrogen and oxygen atoms in total. The van der Waals surface area contributed by atoms with Crippen LogP contribution in [0.2, 0.25) is 0 Å². The number of hydrogen-bond acceptors (Lipinski definition) is 2. The summed E-state index contributed by atoms with van der Waals surface area (Å²) in [5, 5.41) is 9.89. The van der Waals surface area contributed by atoms with Gasteiger partial charge < -0.3 is 10.8 Å². The van der Waals surface area contributed by atoms with Crippen molar-refractivity contribution in [3.8, 4) is 0 Å². The molecule has 3 heteroatoms. The summed E-state index contributed by atoms with van der Waals surface area (Å²) in [7, 11) is 0. The zero-order chi connectivity index (χ0) is 11.2. The van der Waals surface area contributed by atoms with Crippen molar-refractivity contribution in [2.75, 3.05) is 0 Å². The number of aliphatic hydroxyl groups is 1. The van der Waals surface area contributed by atoms with Gasteiger partial charge in [-0.2, -0.15) is 0 Å². The first-order valence-corrected chi connectivity index (χ1v) is 5.15. The summed E-state index contributed by atoms with van der Waals surface area (Å²) in [5.41, 5.74) is 7.39. The van der Waals surface area contributed by atoms with Crippen LogP contribution in [0.25, 0.3) is 0 Å². The van der Waals surface area contributed by atoms with Crippen molar-refractivity contribution in [3.63, 3.8) is 0 Å². The lowest BCUT2D eigenvalue weighted by Gasteiger charge is -2.39. The fraction of sp³-hybridized carbons (Fsp3) is 0.500. The van der Waals surface area contributed by atoms with Crippen molar-refractivity contribution >= 4 is 0 Å². The Balaban J connectivity index is 2.59. The Hall–Kier alpha value is -0.930. The number of fused-ring (bicyclic) bond motifs is 1. The zero-order valence-electron chi connectivity index (χ0n) is 9.00. The molecule has 3 N–H and O–H groups in total. The van der Waals surface area contributed by atoms with E-state index in [4.69, 9.17) is 5.73 Å². The van der Waals surface area contributed by atoms with Crippen molar-refractivity contribution in [3.05, 3.63) is 35.1 Å². The Labute approximate surface area is 88.9 Å². The summed E-state index contributed by atoms with van der Waals surface area (Å²) in [6.45, 7) is 4.13. The predicted molar refractivity (Wildman–Crippen MR) is 57.0 cm³/mol. The molecular formula is C12H16FNO. The fourth-order valence-corrected chi connectivity index (χ4v) is 2.44. The minimum Gasteiger partial charge on any atom is -0.387 e. The summed E-state index contributed by atoms with van der Waals surface area (Å²) in [6, 6.07) is 4.26. The monoisotopic (exact) mass is 209 g/mol. The maximum atomic E-state index is 13.1. The minimum atomic E-state index is -0.747. The maximum absolute atomic E-state index is 13.1. The molecular weight excluding hydrogens is 193 g/mol. The molecule has 0 saturated carbocycles. The van der Waals surface area contributed by atoms with Crippen LogP contribution >= 0.6 is 0 Å². The molecule has 2 atom stereocenters. The number of benzene rings is 1. The van der Waals surface area contributed by atoms with Crippen molar-refractivity contribution in [1.29, 1.82) is 0 Å². The third kappa shape index (κ3) is 1.66. The van der Waals surface area contributed by atoms with Gasteiger partial charge in [-0.15, -0.1) is 0 Å². The van der Waals surface area contributed by atoms with Gasteiger partial charge in [-0.05, 0) is 35.1 Å². The Morgan fingerprint density at radius 3 is 2.80 bits per heavy atom. The number of hydrogen-bond donors (Lipinski definition) is 2. The molecule has 1 aromatic rings. The minimum absolute atomic E-state index is 0.0956. The van der Waals surface area contributed by atoms with E-state index in [1.807, 2.05) is 0 Å². The van der Waals surface area contributed by atoms with Gasteiger partial charge in [0.25, 0.3) is 0 Å². The lowest BCUT2D eigenvalue weighted by Crippen LogP contribution is -2.41. The molecule has 0 heterocycles. The van der Waals surface area contributed by atoms with Crippen LogP contribution in [0.3, 0.4) is 0 Å². The normalized spacial score (nSPS) is 28.6. The molecule has 0 amide bonds. The molecule has 82 valence electrons. The Bertz CT molecular complexity index is 389. The Morgan fingerprint density at radius 1 is 1.47 bits per heavy atom. The van der Waals surface area contributed by atoms with Gasteiger partial charge in [0.05, 0.1) is 6.10 Å². The molecule has 0 aliphatic heterocycles. The highest BCUT2D eigenvalue weighted by atomic mass is 19.1. The van der Waals surface area contributed by atoms with Crippen LogP contribution in [-0.4, -0.2) is 11.1 Å². The Morgan fingerprint density at radius 2 is 2.13 bits per heavy atom. The van der Waals surface area contributed by atoms with Crippen LogP contribution in [0.5, 0.6) is 0 Å². The van der Waals surface area contributed by atoms with E-state index >= 15 is 0 Å². The topological polar surface area (TPSA) is 46.2 Å². The summed E-state index contributed by atoms with van der Waals surface area (Å²) < 4.78 is 13.1. The Kier molecular flexibility index (Phi) is 2.32. The second-order valence-corrected chi connectivity index (χ2v) is 4.93. The second kappa shape index (κ2) is 3.29. The zero-order valence-corrected chi connectivity index (χ0v) is 9.00. The molecule has 1 aromatic carbocycles. The molecule has 0 fully saturated rings. The summed E-state index contributed by atoms with van der Waals surface area (Å²) >= 11 is 0. The van der Waals surface area contributed by atoms with E-state index in [0.717, 1.165) is 5.56 Å². The summed E-state index contributed by atoms with van der Waals surface area (Å²) in [5.74, 6) is -0.322. The molecule has 0 radical (unpaired) electrons. The van der Waals surface area contributed by atoms with Crippen molar-refractivity contribution in [2.24, 2.45) is 5.73 Å². The number of halogens is 1. The molecule has 1 aliphatic carbocycles. The van der Waals surface area contributed by atoms with Gasteiger partial charge in [-0.3, -0.25) is 0 Å². The van der Waals surface area contributed by atoms with E-state index in [1.165, 1.54) is 12.1 Å². The molecule has 0 spiro atoms. The van der Waals surface area contributed by atoms with Gasteiger partial charge in [0.15, 0.2) is 0 Å². The van der Waals surface area contributed by atoms with Gasteiger partial charge in [0.1, 0.15) is 5.82 Å². The number of nitrogens with two attached hydrogens (primary N) is 1. The first-order valence-electron chi connectivity index (χ1n) is 5.15. The largest absolute Gasteiger partial charge is 0.387 e. The summed E-state index contributed by atoms with van der Waals surface area (Å²) in [6.07, 6.45) is -0.0315. The quantitative estimate of drug-likeness (QED) is 0.685. The number of rotatable bonds is 0. The molecule has 0 aromatic heterocycles. The van der Waals surface area contributed by atoms with E-state index in [0.29, 0.717) is 12.0 Å². The molecule has 1 aliphatic rings. The van der Waals surface area contributed by atoms with Crippen LogP contribution in [-0.2, 0) is 5.41 Å². The van der Waals surface area contributed by atoms with Crippen LogP contribution in [0, 0.1) is 5.82 Å². The van der Waals surface area contributed by atoms with Crippen LogP contribution in [0.15, 0.2) is 18.2 Å². The summed E-state index contributed by atoms with van der Waals surface area (Å²) in [4.78, 5) is 0. The van der Waals surface area contributed by atoms with E-state index in [2.05, 4.69) is 13.8 Å². The van der Waals surface area contributed by atoms with Crippen LogP contribution in [0.4, 0.5) is 4.39 Å². The second-order valence-electron chi connectivity index (χ2n) is 4.93. The highest BCUT2D eigenvalue weighted by Gasteiger charge is 2.36. The first kappa shape index (κ1) is 10.6. The molecule has 2 rings (SSSR count).